The summed E-state index contributed by atoms with van der Waals surface area (Å²) in [4.78, 5) is 12.0. The largest absolute Gasteiger partial charge is 0.495 e. The van der Waals surface area contributed by atoms with Crippen molar-refractivity contribution in [1.29, 1.82) is 0 Å². The molecule has 8 heteroatoms. The van der Waals surface area contributed by atoms with E-state index in [0.717, 1.165) is 37.9 Å². The molecule has 0 aliphatic rings. The molecule has 4 aromatic rings. The van der Waals surface area contributed by atoms with Gasteiger partial charge in [-0.15, -0.1) is 10.2 Å². The quantitative estimate of drug-likeness (QED) is 0.331. The second-order valence-corrected chi connectivity index (χ2v) is 8.71. The lowest BCUT2D eigenvalue weighted by Gasteiger charge is -2.07. The van der Waals surface area contributed by atoms with Crippen LogP contribution in [0.4, 0.5) is 10.8 Å². The molecule has 0 aliphatic carbocycles. The molecule has 0 aliphatic heterocycles. The number of aromatic nitrogens is 2. The third kappa shape index (κ3) is 4.28. The molecule has 6 nitrogen and oxygen atoms in total. The van der Waals surface area contributed by atoms with Crippen molar-refractivity contribution in [1.82, 2.24) is 10.2 Å². The molecule has 1 N–H and O–H groups in total. The van der Waals surface area contributed by atoms with E-state index in [2.05, 4.69) is 28.5 Å². The van der Waals surface area contributed by atoms with Gasteiger partial charge in [0.2, 0.25) is 5.13 Å². The molecular formula is C21H19N3O3S2. The van der Waals surface area contributed by atoms with E-state index in [9.17, 15) is 4.79 Å². The van der Waals surface area contributed by atoms with Crippen molar-refractivity contribution in [3.05, 3.63) is 69.6 Å². The summed E-state index contributed by atoms with van der Waals surface area (Å²) >= 11 is 3.00. The number of benzene rings is 2. The Kier molecular flexibility index (Phi) is 5.55. The fourth-order valence-electron chi connectivity index (χ4n) is 2.92. The van der Waals surface area contributed by atoms with Crippen molar-refractivity contribution in [3.8, 4) is 5.75 Å². The number of thioether (sulfide) groups is 1. The van der Waals surface area contributed by atoms with Crippen LogP contribution in [0.1, 0.15) is 16.7 Å². The molecule has 2 heterocycles. The van der Waals surface area contributed by atoms with Crippen LogP contribution in [0.25, 0.3) is 11.0 Å². The second kappa shape index (κ2) is 8.26. The SMILES string of the molecule is COc1ccccc1Nc1nnc(SCc2cc(=O)oc3cc(C)c(C)cc23)s1. The van der Waals surface area contributed by atoms with Gasteiger partial charge in [-0.1, -0.05) is 35.2 Å². The fraction of sp³-hybridized carbons (Fsp3) is 0.190. The second-order valence-electron chi connectivity index (χ2n) is 6.51. The van der Waals surface area contributed by atoms with Gasteiger partial charge in [0, 0.05) is 17.2 Å². The minimum absolute atomic E-state index is 0.341. The predicted molar refractivity (Wildman–Crippen MR) is 118 cm³/mol. The molecule has 0 spiro atoms. The smallest absolute Gasteiger partial charge is 0.336 e. The van der Waals surface area contributed by atoms with Crippen molar-refractivity contribution < 1.29 is 9.15 Å². The molecule has 0 amide bonds. The normalized spacial score (nSPS) is 11.0. The van der Waals surface area contributed by atoms with Crippen LogP contribution in [0, 0.1) is 13.8 Å². The Morgan fingerprint density at radius 3 is 2.76 bits per heavy atom. The van der Waals surface area contributed by atoms with Gasteiger partial charge in [0.05, 0.1) is 12.8 Å². The number of nitrogens with zero attached hydrogens (tertiary/aromatic N) is 2. The first-order valence-electron chi connectivity index (χ1n) is 8.94. The molecular weight excluding hydrogens is 406 g/mol. The zero-order valence-corrected chi connectivity index (χ0v) is 17.8. The maximum absolute atomic E-state index is 12.0. The molecule has 2 aromatic heterocycles. The lowest BCUT2D eigenvalue weighted by molar-refractivity contribution is 0.417. The van der Waals surface area contributed by atoms with Gasteiger partial charge < -0.3 is 14.5 Å². The third-order valence-corrected chi connectivity index (χ3v) is 6.57. The Balaban J connectivity index is 1.53. The number of rotatable bonds is 6. The van der Waals surface area contributed by atoms with Gasteiger partial charge in [0.15, 0.2) is 4.34 Å². The molecule has 0 saturated carbocycles. The van der Waals surface area contributed by atoms with Gasteiger partial charge in [0.25, 0.3) is 0 Å². The zero-order chi connectivity index (χ0) is 20.4. The average Bonchev–Trinajstić information content (AvgIpc) is 3.15. The van der Waals surface area contributed by atoms with Crippen molar-refractivity contribution >= 4 is 44.9 Å². The Bertz CT molecular complexity index is 1230. The van der Waals surface area contributed by atoms with Crippen LogP contribution < -0.4 is 15.7 Å². The third-order valence-electron chi connectivity index (χ3n) is 4.55. The molecule has 0 radical (unpaired) electrons. The Hall–Kier alpha value is -2.84. The Morgan fingerprint density at radius 2 is 1.93 bits per heavy atom. The van der Waals surface area contributed by atoms with E-state index in [1.165, 1.54) is 11.3 Å². The summed E-state index contributed by atoms with van der Waals surface area (Å²) in [7, 11) is 1.63. The first-order valence-corrected chi connectivity index (χ1v) is 10.7. The minimum atomic E-state index is -0.341. The predicted octanol–water partition coefficient (Wildman–Crippen LogP) is 5.31. The van der Waals surface area contributed by atoms with Crippen LogP contribution in [-0.2, 0) is 5.75 Å². The monoisotopic (exact) mass is 425 g/mol. The van der Waals surface area contributed by atoms with Crippen LogP contribution in [0.15, 0.2) is 56.0 Å². The molecule has 0 fully saturated rings. The van der Waals surface area contributed by atoms with Gasteiger partial charge in [-0.3, -0.25) is 0 Å². The summed E-state index contributed by atoms with van der Waals surface area (Å²) in [5.74, 6) is 1.35. The molecule has 29 heavy (non-hydrogen) atoms. The number of ether oxygens (including phenoxy) is 1. The summed E-state index contributed by atoms with van der Waals surface area (Å²) in [6, 6.07) is 13.2. The van der Waals surface area contributed by atoms with E-state index >= 15 is 0 Å². The maximum atomic E-state index is 12.0. The highest BCUT2D eigenvalue weighted by Crippen LogP contribution is 2.33. The van der Waals surface area contributed by atoms with Gasteiger partial charge in [0.1, 0.15) is 11.3 Å². The van der Waals surface area contributed by atoms with Crippen LogP contribution in [0.5, 0.6) is 5.75 Å². The van der Waals surface area contributed by atoms with Crippen LogP contribution >= 0.6 is 23.1 Å². The molecule has 148 valence electrons. The number of nitrogens with one attached hydrogen (secondary N) is 1. The summed E-state index contributed by atoms with van der Waals surface area (Å²) in [5, 5.41) is 13.3. The summed E-state index contributed by atoms with van der Waals surface area (Å²) < 4.78 is 11.5. The number of hydrogen-bond donors (Lipinski definition) is 1. The summed E-state index contributed by atoms with van der Waals surface area (Å²) in [6.07, 6.45) is 0. The molecule has 0 bridgehead atoms. The van der Waals surface area contributed by atoms with Crippen molar-refractivity contribution in [2.45, 2.75) is 23.9 Å². The number of fused-ring (bicyclic) bond motifs is 1. The highest BCUT2D eigenvalue weighted by atomic mass is 32.2. The van der Waals surface area contributed by atoms with Crippen molar-refractivity contribution in [3.63, 3.8) is 0 Å². The fourth-order valence-corrected chi connectivity index (χ4v) is 4.68. The van der Waals surface area contributed by atoms with E-state index in [4.69, 9.17) is 9.15 Å². The van der Waals surface area contributed by atoms with Crippen LogP contribution in [0.3, 0.4) is 0 Å². The van der Waals surface area contributed by atoms with Gasteiger partial charge in [-0.2, -0.15) is 0 Å². The highest BCUT2D eigenvalue weighted by molar-refractivity contribution is 8.00. The van der Waals surface area contributed by atoms with E-state index in [1.54, 1.807) is 24.9 Å². The number of hydrogen-bond acceptors (Lipinski definition) is 8. The van der Waals surface area contributed by atoms with Gasteiger partial charge in [-0.05, 0) is 54.8 Å². The standard InChI is InChI=1S/C21H19N3O3S2/c1-12-8-15-14(10-19(25)27-18(15)9-13(12)2)11-28-21-24-23-20(29-21)22-16-6-4-5-7-17(16)26-3/h4-10H,11H2,1-3H3,(H,22,23). The lowest BCUT2D eigenvalue weighted by Crippen LogP contribution is -2.00. The van der Waals surface area contributed by atoms with Crippen LogP contribution in [0.2, 0.25) is 0 Å². The molecule has 0 atom stereocenters. The Labute approximate surface area is 175 Å². The van der Waals surface area contributed by atoms with E-state index < -0.39 is 0 Å². The topological polar surface area (TPSA) is 77.2 Å². The first kappa shape index (κ1) is 19.5. The summed E-state index contributed by atoms with van der Waals surface area (Å²) in [5.41, 5.74) is 4.30. The Morgan fingerprint density at radius 1 is 1.14 bits per heavy atom. The number of anilines is 2. The summed E-state index contributed by atoms with van der Waals surface area (Å²) in [6.45, 7) is 4.06. The molecule has 4 rings (SSSR count). The van der Waals surface area contributed by atoms with Crippen molar-refractivity contribution in [2.75, 3.05) is 12.4 Å². The van der Waals surface area contributed by atoms with E-state index in [1.807, 2.05) is 37.3 Å². The number of aryl methyl sites for hydroxylation is 2. The highest BCUT2D eigenvalue weighted by Gasteiger charge is 2.11. The van der Waals surface area contributed by atoms with Crippen LogP contribution in [-0.4, -0.2) is 17.3 Å². The molecule has 0 saturated heterocycles. The zero-order valence-electron chi connectivity index (χ0n) is 16.2. The lowest BCUT2D eigenvalue weighted by atomic mass is 10.0. The average molecular weight is 426 g/mol. The number of methoxy groups -OCH3 is 1. The molecule has 2 aromatic carbocycles. The first-order chi connectivity index (χ1) is 14.0. The van der Waals surface area contributed by atoms with Gasteiger partial charge in [-0.25, -0.2) is 4.79 Å². The number of para-hydroxylation sites is 2. The van der Waals surface area contributed by atoms with E-state index in [0.29, 0.717) is 16.5 Å². The van der Waals surface area contributed by atoms with Gasteiger partial charge >= 0.3 is 5.63 Å². The van der Waals surface area contributed by atoms with E-state index in [-0.39, 0.29) is 5.63 Å². The maximum Gasteiger partial charge on any atom is 0.336 e. The van der Waals surface area contributed by atoms with Crippen molar-refractivity contribution in [2.24, 2.45) is 0 Å². The molecule has 0 unspecified atom stereocenters. The minimum Gasteiger partial charge on any atom is -0.495 e.